The molecule has 0 amide bonds. The largest absolute Gasteiger partial charge is 0.478 e. The molecule has 4 N–H and O–H groups in total. The highest BCUT2D eigenvalue weighted by atomic mass is 16.4. The fraction of sp³-hybridized carbons (Fsp3) is 0. The summed E-state index contributed by atoms with van der Waals surface area (Å²) in [5, 5.41) is 11.8. The van der Waals surface area contributed by atoms with E-state index in [1.165, 1.54) is 12.3 Å². The highest BCUT2D eigenvalue weighted by Crippen LogP contribution is 2.21. The normalized spacial score (nSPS) is 9.88. The molecular weight excluding hydrogens is 218 g/mol. The maximum Gasteiger partial charge on any atom is 0.337 e. The predicted octanol–water partition coefficient (Wildman–Crippen LogP) is 2.11. The van der Waals surface area contributed by atoms with Crippen molar-refractivity contribution < 1.29 is 9.90 Å². The summed E-state index contributed by atoms with van der Waals surface area (Å²) < 4.78 is 0. The van der Waals surface area contributed by atoms with Crippen LogP contribution in [0.2, 0.25) is 0 Å². The van der Waals surface area contributed by atoms with Gasteiger partial charge in [0.05, 0.1) is 11.3 Å². The zero-order valence-electron chi connectivity index (χ0n) is 8.92. The van der Waals surface area contributed by atoms with Crippen molar-refractivity contribution in [3.05, 3.63) is 48.2 Å². The Balaban J connectivity index is 2.26. The van der Waals surface area contributed by atoms with Gasteiger partial charge in [-0.05, 0) is 18.2 Å². The molecule has 0 aliphatic heterocycles. The predicted molar refractivity (Wildman–Crippen MR) is 65.3 cm³/mol. The van der Waals surface area contributed by atoms with E-state index in [0.717, 1.165) is 5.69 Å². The number of rotatable bonds is 3. The molecule has 0 aliphatic carbocycles. The number of pyridine rings is 1. The van der Waals surface area contributed by atoms with Gasteiger partial charge in [-0.3, -0.25) is 0 Å². The van der Waals surface area contributed by atoms with Crippen LogP contribution < -0.4 is 11.1 Å². The summed E-state index contributed by atoms with van der Waals surface area (Å²) >= 11 is 0. The Morgan fingerprint density at radius 1 is 1.29 bits per heavy atom. The van der Waals surface area contributed by atoms with Gasteiger partial charge in [-0.1, -0.05) is 18.2 Å². The van der Waals surface area contributed by atoms with Crippen LogP contribution in [0.25, 0.3) is 0 Å². The molecule has 5 heteroatoms. The van der Waals surface area contributed by atoms with Crippen LogP contribution in [0.15, 0.2) is 42.6 Å². The van der Waals surface area contributed by atoms with Crippen molar-refractivity contribution in [1.29, 1.82) is 0 Å². The van der Waals surface area contributed by atoms with Gasteiger partial charge in [0.25, 0.3) is 0 Å². The molecule has 1 aromatic heterocycles. The third-order valence-electron chi connectivity index (χ3n) is 2.20. The van der Waals surface area contributed by atoms with Crippen molar-refractivity contribution in [3.63, 3.8) is 0 Å². The van der Waals surface area contributed by atoms with Gasteiger partial charge in [0.15, 0.2) is 5.82 Å². The monoisotopic (exact) mass is 229 g/mol. The van der Waals surface area contributed by atoms with Crippen LogP contribution in [0.4, 0.5) is 17.2 Å². The summed E-state index contributed by atoms with van der Waals surface area (Å²) in [6, 6.07) is 10.8. The van der Waals surface area contributed by atoms with Crippen molar-refractivity contribution in [2.45, 2.75) is 0 Å². The van der Waals surface area contributed by atoms with Gasteiger partial charge >= 0.3 is 5.97 Å². The van der Waals surface area contributed by atoms with Crippen molar-refractivity contribution in [3.8, 4) is 0 Å². The summed E-state index contributed by atoms with van der Waals surface area (Å²) in [5.74, 6) is -0.600. The number of hydrogen-bond acceptors (Lipinski definition) is 4. The maximum absolute atomic E-state index is 10.7. The van der Waals surface area contributed by atoms with E-state index in [4.69, 9.17) is 10.8 Å². The molecule has 0 saturated carbocycles. The standard InChI is InChI=1S/C12H11N3O2/c13-10-6-8(12(16)17)7-14-11(10)15-9-4-2-1-3-5-9/h1-7H,13H2,(H,14,15)(H,16,17). The fourth-order valence-electron chi connectivity index (χ4n) is 1.36. The number of carboxylic acids is 1. The van der Waals surface area contributed by atoms with Crippen LogP contribution >= 0.6 is 0 Å². The van der Waals surface area contributed by atoms with Crippen molar-refractivity contribution in [2.75, 3.05) is 11.1 Å². The number of nitrogens with two attached hydrogens (primary N) is 1. The quantitative estimate of drug-likeness (QED) is 0.750. The first-order chi connectivity index (χ1) is 8.16. The van der Waals surface area contributed by atoms with Crippen LogP contribution in [0.3, 0.4) is 0 Å². The lowest BCUT2D eigenvalue weighted by Gasteiger charge is -2.08. The van der Waals surface area contributed by atoms with Crippen LogP contribution in [-0.2, 0) is 0 Å². The molecule has 0 bridgehead atoms. The van der Waals surface area contributed by atoms with Crippen molar-refractivity contribution >= 4 is 23.2 Å². The van der Waals surface area contributed by atoms with Crippen LogP contribution in [0, 0.1) is 0 Å². The lowest BCUT2D eigenvalue weighted by molar-refractivity contribution is 0.0696. The molecule has 0 atom stereocenters. The number of nitrogen functional groups attached to an aromatic ring is 1. The van der Waals surface area contributed by atoms with Gasteiger partial charge in [0.1, 0.15) is 0 Å². The van der Waals surface area contributed by atoms with E-state index in [0.29, 0.717) is 11.5 Å². The van der Waals surface area contributed by atoms with Gasteiger partial charge < -0.3 is 16.2 Å². The van der Waals surface area contributed by atoms with E-state index < -0.39 is 5.97 Å². The maximum atomic E-state index is 10.7. The molecule has 0 radical (unpaired) electrons. The lowest BCUT2D eigenvalue weighted by atomic mass is 10.2. The van der Waals surface area contributed by atoms with Crippen LogP contribution in [-0.4, -0.2) is 16.1 Å². The van der Waals surface area contributed by atoms with E-state index in [2.05, 4.69) is 10.3 Å². The van der Waals surface area contributed by atoms with Gasteiger partial charge in [-0.2, -0.15) is 0 Å². The summed E-state index contributed by atoms with van der Waals surface area (Å²) in [6.07, 6.45) is 1.27. The first-order valence-corrected chi connectivity index (χ1v) is 4.97. The number of hydrogen-bond donors (Lipinski definition) is 3. The number of carboxylic acid groups (broad SMARTS) is 1. The number of carbonyl (C=O) groups is 1. The van der Waals surface area contributed by atoms with Crippen molar-refractivity contribution in [2.24, 2.45) is 0 Å². The Morgan fingerprint density at radius 3 is 2.59 bits per heavy atom. The number of nitrogens with zero attached hydrogens (tertiary/aromatic N) is 1. The fourth-order valence-corrected chi connectivity index (χ4v) is 1.36. The molecule has 0 saturated heterocycles. The number of nitrogens with one attached hydrogen (secondary N) is 1. The Bertz CT molecular complexity index is 541. The zero-order valence-corrected chi connectivity index (χ0v) is 8.92. The highest BCUT2D eigenvalue weighted by Gasteiger charge is 2.07. The topological polar surface area (TPSA) is 88.2 Å². The minimum absolute atomic E-state index is 0.0705. The third-order valence-corrected chi connectivity index (χ3v) is 2.20. The zero-order chi connectivity index (χ0) is 12.3. The lowest BCUT2D eigenvalue weighted by Crippen LogP contribution is -2.03. The Labute approximate surface area is 97.9 Å². The minimum atomic E-state index is -1.05. The molecule has 1 aromatic carbocycles. The average molecular weight is 229 g/mol. The number of anilines is 3. The third kappa shape index (κ3) is 2.52. The smallest absolute Gasteiger partial charge is 0.337 e. The van der Waals surface area contributed by atoms with E-state index >= 15 is 0 Å². The first kappa shape index (κ1) is 10.9. The SMILES string of the molecule is Nc1cc(C(=O)O)cnc1Nc1ccccc1. The second kappa shape index (κ2) is 4.52. The van der Waals surface area contributed by atoms with Gasteiger partial charge in [-0.15, -0.1) is 0 Å². The van der Waals surface area contributed by atoms with E-state index in [1.54, 1.807) is 0 Å². The van der Waals surface area contributed by atoms with Gasteiger partial charge in [0.2, 0.25) is 0 Å². The van der Waals surface area contributed by atoms with Gasteiger partial charge in [0, 0.05) is 11.9 Å². The molecule has 86 valence electrons. The second-order valence-corrected chi connectivity index (χ2v) is 3.46. The first-order valence-electron chi connectivity index (χ1n) is 4.97. The molecule has 0 unspecified atom stereocenters. The van der Waals surface area contributed by atoms with E-state index in [1.807, 2.05) is 30.3 Å². The minimum Gasteiger partial charge on any atom is -0.478 e. The number of aromatic nitrogens is 1. The average Bonchev–Trinajstić information content (AvgIpc) is 2.33. The summed E-state index contributed by atoms with van der Waals surface area (Å²) in [5.41, 5.74) is 6.93. The molecule has 1 heterocycles. The molecule has 2 rings (SSSR count). The molecule has 5 nitrogen and oxygen atoms in total. The second-order valence-electron chi connectivity index (χ2n) is 3.46. The molecule has 0 fully saturated rings. The number of benzene rings is 1. The number of aromatic carboxylic acids is 1. The Kier molecular flexibility index (Phi) is 2.91. The summed E-state index contributed by atoms with van der Waals surface area (Å²) in [7, 11) is 0. The highest BCUT2D eigenvalue weighted by molar-refractivity contribution is 5.89. The van der Waals surface area contributed by atoms with Gasteiger partial charge in [-0.25, -0.2) is 9.78 Å². The van der Waals surface area contributed by atoms with Crippen LogP contribution in [0.1, 0.15) is 10.4 Å². The Morgan fingerprint density at radius 2 is 2.00 bits per heavy atom. The Hall–Kier alpha value is -2.56. The van der Waals surface area contributed by atoms with Crippen molar-refractivity contribution in [1.82, 2.24) is 4.98 Å². The molecular formula is C12H11N3O2. The molecule has 0 aliphatic rings. The molecule has 17 heavy (non-hydrogen) atoms. The summed E-state index contributed by atoms with van der Waals surface area (Å²) in [6.45, 7) is 0. The van der Waals surface area contributed by atoms with Crippen LogP contribution in [0.5, 0.6) is 0 Å². The summed E-state index contributed by atoms with van der Waals surface area (Å²) in [4.78, 5) is 14.7. The number of para-hydroxylation sites is 1. The molecule has 2 aromatic rings. The van der Waals surface area contributed by atoms with E-state index in [-0.39, 0.29) is 5.56 Å². The van der Waals surface area contributed by atoms with E-state index in [9.17, 15) is 4.79 Å². The molecule has 0 spiro atoms.